The Morgan fingerprint density at radius 1 is 0.853 bits per heavy atom. The molecule has 2 N–H and O–H groups in total. The zero-order valence-electron chi connectivity index (χ0n) is 21.3. The molecule has 1 unspecified atom stereocenters. The second kappa shape index (κ2) is 11.5. The molecule has 0 aromatic heterocycles. The van der Waals surface area contributed by atoms with Crippen molar-refractivity contribution in [1.82, 2.24) is 0 Å². The fraction of sp³-hybridized carbons (Fsp3) is 0.615. The van der Waals surface area contributed by atoms with Crippen molar-refractivity contribution in [3.05, 3.63) is 34.9 Å². The van der Waals surface area contributed by atoms with Gasteiger partial charge in [0.1, 0.15) is 13.2 Å². The highest BCUT2D eigenvalue weighted by molar-refractivity contribution is 6.06. The van der Waals surface area contributed by atoms with Gasteiger partial charge in [0.25, 0.3) is 0 Å². The Morgan fingerprint density at radius 3 is 1.91 bits per heavy atom. The van der Waals surface area contributed by atoms with Crippen LogP contribution in [0.2, 0.25) is 0 Å². The minimum Gasteiger partial charge on any atom is -0.478 e. The molecule has 0 radical (unpaired) electrons. The molecule has 1 aliphatic carbocycles. The first-order valence-corrected chi connectivity index (χ1v) is 11.5. The number of carbonyl (C=O) groups is 4. The molecule has 8 heteroatoms. The molecule has 34 heavy (non-hydrogen) atoms. The topological polar surface area (TPSA) is 127 Å². The maximum absolute atomic E-state index is 13.2. The van der Waals surface area contributed by atoms with E-state index in [0.717, 1.165) is 25.0 Å². The van der Waals surface area contributed by atoms with Crippen molar-refractivity contribution in [2.24, 2.45) is 16.2 Å². The lowest BCUT2D eigenvalue weighted by Gasteiger charge is -2.45. The largest absolute Gasteiger partial charge is 0.478 e. The van der Waals surface area contributed by atoms with Crippen molar-refractivity contribution in [3.8, 4) is 0 Å². The van der Waals surface area contributed by atoms with Gasteiger partial charge in [-0.15, -0.1) is 0 Å². The lowest BCUT2D eigenvalue weighted by molar-refractivity contribution is -0.169. The van der Waals surface area contributed by atoms with Gasteiger partial charge in [0.15, 0.2) is 0 Å². The monoisotopic (exact) mass is 478 g/mol. The van der Waals surface area contributed by atoms with Crippen molar-refractivity contribution in [2.45, 2.75) is 74.1 Å². The van der Waals surface area contributed by atoms with Gasteiger partial charge in [-0.05, 0) is 43.1 Å². The van der Waals surface area contributed by atoms with E-state index in [4.69, 9.17) is 9.47 Å². The molecular formula is C26H38O8. The Hall–Kier alpha value is -2.90. The summed E-state index contributed by atoms with van der Waals surface area (Å²) in [5.41, 5.74) is -1.80. The number of allylic oxidation sites excluding steroid dienone is 3. The van der Waals surface area contributed by atoms with Crippen LogP contribution in [0, 0.1) is 16.2 Å². The molecule has 1 aliphatic rings. The van der Waals surface area contributed by atoms with Gasteiger partial charge in [0, 0.05) is 5.57 Å². The molecule has 0 fully saturated rings. The molecule has 0 aliphatic heterocycles. The summed E-state index contributed by atoms with van der Waals surface area (Å²) >= 11 is 0. The van der Waals surface area contributed by atoms with E-state index < -0.39 is 34.5 Å². The van der Waals surface area contributed by atoms with E-state index in [9.17, 15) is 29.4 Å². The maximum Gasteiger partial charge on any atom is 0.336 e. The van der Waals surface area contributed by atoms with E-state index >= 15 is 0 Å². The Morgan fingerprint density at radius 2 is 1.41 bits per heavy atom. The van der Waals surface area contributed by atoms with Crippen molar-refractivity contribution < 1.29 is 38.9 Å². The average Bonchev–Trinajstić information content (AvgIpc) is 2.99. The van der Waals surface area contributed by atoms with E-state index in [-0.39, 0.29) is 42.0 Å². The van der Waals surface area contributed by atoms with Gasteiger partial charge in [-0.3, -0.25) is 4.79 Å². The summed E-state index contributed by atoms with van der Waals surface area (Å²) in [6.07, 6.45) is 5.73. The van der Waals surface area contributed by atoms with Gasteiger partial charge in [0.05, 0.1) is 16.6 Å². The summed E-state index contributed by atoms with van der Waals surface area (Å²) in [6, 6.07) is 0. The molecule has 0 heterocycles. The molecular weight excluding hydrogens is 440 g/mol. The van der Waals surface area contributed by atoms with Crippen molar-refractivity contribution in [1.29, 1.82) is 0 Å². The van der Waals surface area contributed by atoms with Gasteiger partial charge >= 0.3 is 23.9 Å². The number of carbonyl (C=O) groups excluding carboxylic acids is 2. The van der Waals surface area contributed by atoms with Gasteiger partial charge in [0.2, 0.25) is 0 Å². The first-order chi connectivity index (χ1) is 15.6. The molecule has 1 atom stereocenters. The summed E-state index contributed by atoms with van der Waals surface area (Å²) in [5.74, 6) is -3.87. The van der Waals surface area contributed by atoms with Gasteiger partial charge < -0.3 is 19.7 Å². The normalized spacial score (nSPS) is 16.3. The lowest BCUT2D eigenvalue weighted by Crippen LogP contribution is -2.46. The van der Waals surface area contributed by atoms with E-state index in [1.54, 1.807) is 0 Å². The van der Waals surface area contributed by atoms with Crippen molar-refractivity contribution in [2.75, 3.05) is 13.2 Å². The molecule has 1 rings (SSSR count). The first-order valence-electron chi connectivity index (χ1n) is 11.5. The van der Waals surface area contributed by atoms with Crippen LogP contribution in [-0.2, 0) is 28.7 Å². The number of carboxylic acid groups (broad SMARTS) is 2. The first kappa shape index (κ1) is 29.1. The third kappa shape index (κ3) is 7.05. The SMILES string of the molecule is CCC(C)(C)CC(C)(C(=O)OCCOC(=O)C1=CC=C(C(=O)O)C(C(=O)O)=CC1)C(C)(C)CC. The average molecular weight is 479 g/mol. The third-order valence-electron chi connectivity index (χ3n) is 7.16. The molecule has 0 amide bonds. The van der Waals surface area contributed by atoms with Gasteiger partial charge in [-0.2, -0.15) is 0 Å². The fourth-order valence-corrected chi connectivity index (χ4v) is 3.78. The number of carboxylic acids is 2. The van der Waals surface area contributed by atoms with Crippen LogP contribution >= 0.6 is 0 Å². The van der Waals surface area contributed by atoms with E-state index in [1.807, 2.05) is 13.8 Å². The number of rotatable bonds is 12. The second-order valence-corrected chi connectivity index (χ2v) is 10.2. The van der Waals surface area contributed by atoms with Crippen LogP contribution in [0.3, 0.4) is 0 Å². The van der Waals surface area contributed by atoms with Crippen LogP contribution in [0.15, 0.2) is 34.9 Å². The van der Waals surface area contributed by atoms with Crippen LogP contribution in [0.25, 0.3) is 0 Å². The Labute approximate surface area is 201 Å². The molecule has 0 saturated heterocycles. The molecule has 0 aromatic rings. The highest BCUT2D eigenvalue weighted by atomic mass is 16.6. The summed E-state index contributed by atoms with van der Waals surface area (Å²) in [7, 11) is 0. The fourth-order valence-electron chi connectivity index (χ4n) is 3.78. The van der Waals surface area contributed by atoms with Crippen LogP contribution in [-0.4, -0.2) is 47.3 Å². The standard InChI is InChI=1S/C26H38O8/c1-8-24(3,4)16-26(7,25(5,6)9-2)23(32)34-15-14-33-22(31)17-10-12-18(20(27)28)19(13-11-17)21(29)30/h10,12-13H,8-9,11,14-16H2,1-7H3,(H,27,28)(H,29,30). The highest BCUT2D eigenvalue weighted by Crippen LogP contribution is 2.50. The molecule has 0 saturated carbocycles. The number of hydrogen-bond donors (Lipinski definition) is 2. The molecule has 190 valence electrons. The summed E-state index contributed by atoms with van der Waals surface area (Å²) in [4.78, 5) is 48.1. The number of esters is 2. The van der Waals surface area contributed by atoms with Crippen LogP contribution in [0.1, 0.15) is 74.1 Å². The molecule has 0 aromatic carbocycles. The van der Waals surface area contributed by atoms with Crippen molar-refractivity contribution >= 4 is 23.9 Å². The molecule has 0 bridgehead atoms. The minimum atomic E-state index is -1.41. The molecule has 0 spiro atoms. The summed E-state index contributed by atoms with van der Waals surface area (Å²) in [5, 5.41) is 18.4. The predicted octanol–water partition coefficient (Wildman–Crippen LogP) is 4.69. The van der Waals surface area contributed by atoms with Gasteiger partial charge in [-0.1, -0.05) is 60.1 Å². The van der Waals surface area contributed by atoms with Crippen molar-refractivity contribution in [3.63, 3.8) is 0 Å². The lowest BCUT2D eigenvalue weighted by atomic mass is 9.58. The number of aliphatic carboxylic acids is 2. The van der Waals surface area contributed by atoms with Gasteiger partial charge in [-0.25, -0.2) is 14.4 Å². The smallest absolute Gasteiger partial charge is 0.336 e. The van der Waals surface area contributed by atoms with E-state index in [0.29, 0.717) is 6.42 Å². The molecule has 8 nitrogen and oxygen atoms in total. The zero-order chi connectivity index (χ0) is 26.3. The van der Waals surface area contributed by atoms with Crippen LogP contribution in [0.4, 0.5) is 0 Å². The second-order valence-electron chi connectivity index (χ2n) is 10.2. The third-order valence-corrected chi connectivity index (χ3v) is 7.16. The van der Waals surface area contributed by atoms with E-state index in [2.05, 4.69) is 34.6 Å². The Kier molecular flexibility index (Phi) is 9.84. The van der Waals surface area contributed by atoms with Crippen LogP contribution < -0.4 is 0 Å². The predicted molar refractivity (Wildman–Crippen MR) is 127 cm³/mol. The highest BCUT2D eigenvalue weighted by Gasteiger charge is 2.49. The summed E-state index contributed by atoms with van der Waals surface area (Å²) < 4.78 is 10.7. The van der Waals surface area contributed by atoms with E-state index in [1.165, 1.54) is 6.08 Å². The minimum absolute atomic E-state index is 0.0523. The number of hydrogen-bond acceptors (Lipinski definition) is 6. The maximum atomic E-state index is 13.2. The zero-order valence-corrected chi connectivity index (χ0v) is 21.3. The Balaban J connectivity index is 2.82. The quantitative estimate of drug-likeness (QED) is 0.305. The van der Waals surface area contributed by atoms with Crippen LogP contribution in [0.5, 0.6) is 0 Å². The number of ether oxygens (including phenoxy) is 2. The summed E-state index contributed by atoms with van der Waals surface area (Å²) in [6.45, 7) is 14.1. The Bertz CT molecular complexity index is 904.